The van der Waals surface area contributed by atoms with Crippen LogP contribution < -0.4 is 4.34 Å². The minimum Gasteiger partial charge on any atom is -0.288 e. The second-order valence-corrected chi connectivity index (χ2v) is 9.19. The fourth-order valence-corrected chi connectivity index (χ4v) is 4.84. The number of nitrogens with zero attached hydrogens (tertiary/aromatic N) is 1. The molecule has 6 nitrogen and oxygen atoms in total. The van der Waals surface area contributed by atoms with Gasteiger partial charge in [-0.25, -0.2) is 13.2 Å². The van der Waals surface area contributed by atoms with Crippen molar-refractivity contribution in [1.29, 1.82) is 0 Å². The first kappa shape index (κ1) is 27.0. The molecule has 0 aliphatic rings. The van der Waals surface area contributed by atoms with Gasteiger partial charge in [0.15, 0.2) is 0 Å². The number of aliphatic imine (C=N–C) groups is 1. The lowest BCUT2D eigenvalue weighted by atomic mass is 10.0. The molecule has 2 rings (SSSR count). The van der Waals surface area contributed by atoms with Gasteiger partial charge in [0.05, 0.1) is 20.6 Å². The largest absolute Gasteiger partial charge is 0.461 e. The van der Waals surface area contributed by atoms with Gasteiger partial charge >= 0.3 is 17.4 Å². The Morgan fingerprint density at radius 3 is 2.06 bits per heavy atom. The molecule has 0 heterocycles. The molecule has 0 fully saturated rings. The maximum absolute atomic E-state index is 14.2. The Labute approximate surface area is 197 Å². The van der Waals surface area contributed by atoms with Crippen LogP contribution in [0.3, 0.4) is 0 Å². The van der Waals surface area contributed by atoms with E-state index in [1.807, 2.05) is 0 Å². The molecule has 178 valence electrons. The van der Waals surface area contributed by atoms with E-state index in [0.717, 1.165) is 36.4 Å². The number of benzene rings is 2. The van der Waals surface area contributed by atoms with Gasteiger partial charge in [0.2, 0.25) is 6.08 Å². The van der Waals surface area contributed by atoms with Crippen molar-refractivity contribution in [2.24, 2.45) is 4.99 Å². The molecule has 0 aliphatic heterocycles. The summed E-state index contributed by atoms with van der Waals surface area (Å²) in [6.07, 6.45) is -5.80. The Morgan fingerprint density at radius 2 is 1.55 bits per heavy atom. The zero-order chi connectivity index (χ0) is 25.4. The third-order valence-electron chi connectivity index (χ3n) is 4.13. The van der Waals surface area contributed by atoms with Crippen LogP contribution in [0, 0.1) is 0 Å². The summed E-state index contributed by atoms with van der Waals surface area (Å²) in [6, 6.07) is 5.01. The van der Waals surface area contributed by atoms with Crippen LogP contribution in [0.4, 0.5) is 36.4 Å². The maximum atomic E-state index is 14.2. The van der Waals surface area contributed by atoms with Crippen molar-refractivity contribution in [3.05, 3.63) is 46.4 Å². The smallest absolute Gasteiger partial charge is 0.288 e. The molecule has 16 heteroatoms. The molecular weight excluding hydrogens is 621 g/mol. The predicted molar refractivity (Wildman–Crippen MR) is 107 cm³/mol. The number of hydrogen-bond donors (Lipinski definition) is 1. The van der Waals surface area contributed by atoms with Crippen LogP contribution in [-0.2, 0) is 14.6 Å². The molecule has 1 N–H and O–H groups in total. The summed E-state index contributed by atoms with van der Waals surface area (Å²) < 4.78 is 120. The summed E-state index contributed by atoms with van der Waals surface area (Å²) in [5, 5.41) is -6.60. The molecule has 0 saturated heterocycles. The Kier molecular flexibility index (Phi) is 7.48. The first-order valence-corrected chi connectivity index (χ1v) is 11.1. The van der Waals surface area contributed by atoms with E-state index in [1.165, 1.54) is 0 Å². The summed E-state index contributed by atoms with van der Waals surface area (Å²) in [4.78, 5) is 24.4. The lowest BCUT2D eigenvalue weighted by Gasteiger charge is -2.28. The van der Waals surface area contributed by atoms with Gasteiger partial charge < -0.3 is 0 Å². The van der Waals surface area contributed by atoms with Crippen molar-refractivity contribution >= 4 is 59.6 Å². The topological polar surface area (TPSA) is 92.7 Å². The highest BCUT2D eigenvalue weighted by Gasteiger charge is 2.78. The molecule has 0 spiro atoms. The first-order valence-electron chi connectivity index (χ1n) is 8.04. The standard InChI is InChI=1S/C17H7Br2F7N2O4S/c18-12-10(14(30)28-19)6-5-9(13(12)27-7-29)8-3-1-2-4-11(8)33(31,32)17(25,26)15(20,21)16(22,23)24/h1-6H,(H,28,30). The summed E-state index contributed by atoms with van der Waals surface area (Å²) in [5.41, 5.74) is -2.00. The van der Waals surface area contributed by atoms with Crippen LogP contribution in [0.2, 0.25) is 0 Å². The molecule has 2 aromatic rings. The van der Waals surface area contributed by atoms with E-state index in [0.29, 0.717) is 6.07 Å². The third-order valence-corrected chi connectivity index (χ3v) is 7.16. The average Bonchev–Trinajstić information content (AvgIpc) is 2.73. The second-order valence-electron chi connectivity index (χ2n) is 6.04. The number of sulfone groups is 1. The minimum absolute atomic E-state index is 0.195. The fraction of sp³-hybridized carbons (Fsp3) is 0.176. The number of carbonyl (C=O) groups excluding carboxylic acids is 2. The van der Waals surface area contributed by atoms with Crippen LogP contribution in [-0.4, -0.2) is 37.8 Å². The number of halogens is 9. The zero-order valence-corrected chi connectivity index (χ0v) is 19.3. The van der Waals surface area contributed by atoms with Gasteiger partial charge in [-0.3, -0.25) is 9.14 Å². The van der Waals surface area contributed by atoms with Crippen molar-refractivity contribution in [1.82, 2.24) is 4.34 Å². The number of carbonyl (C=O) groups is 1. The Bertz CT molecular complexity index is 1260. The zero-order valence-electron chi connectivity index (χ0n) is 15.4. The number of amides is 1. The monoisotopic (exact) mass is 626 g/mol. The van der Waals surface area contributed by atoms with E-state index in [4.69, 9.17) is 0 Å². The molecule has 0 bridgehead atoms. The summed E-state index contributed by atoms with van der Waals surface area (Å²) in [6.45, 7) is 0. The van der Waals surface area contributed by atoms with E-state index < -0.39 is 54.8 Å². The van der Waals surface area contributed by atoms with Gasteiger partial charge in [-0.05, 0) is 28.1 Å². The van der Waals surface area contributed by atoms with Crippen molar-refractivity contribution in [3.63, 3.8) is 0 Å². The number of isocyanates is 1. The van der Waals surface area contributed by atoms with Crippen molar-refractivity contribution in [3.8, 4) is 11.1 Å². The lowest BCUT2D eigenvalue weighted by Crippen LogP contribution is -2.55. The number of hydrogen-bond acceptors (Lipinski definition) is 5. The Morgan fingerprint density at radius 1 is 0.970 bits per heavy atom. The van der Waals surface area contributed by atoms with Gasteiger partial charge in [0.1, 0.15) is 0 Å². The normalized spacial score (nSPS) is 12.8. The Balaban J connectivity index is 2.89. The first-order chi connectivity index (χ1) is 15.1. The molecule has 0 aliphatic carbocycles. The molecule has 0 aromatic heterocycles. The molecule has 0 radical (unpaired) electrons. The molecule has 2 aromatic carbocycles. The molecule has 33 heavy (non-hydrogen) atoms. The molecule has 0 atom stereocenters. The van der Waals surface area contributed by atoms with E-state index in [9.17, 15) is 48.7 Å². The summed E-state index contributed by atoms with van der Waals surface area (Å²) in [5.74, 6) is -7.73. The summed E-state index contributed by atoms with van der Waals surface area (Å²) >= 11 is 5.58. The van der Waals surface area contributed by atoms with Crippen LogP contribution in [0.25, 0.3) is 11.1 Å². The fourth-order valence-electron chi connectivity index (χ4n) is 2.56. The Hall–Kier alpha value is -2.29. The predicted octanol–water partition coefficient (Wildman–Crippen LogP) is 5.69. The van der Waals surface area contributed by atoms with Gasteiger partial charge in [0.25, 0.3) is 15.7 Å². The molecule has 0 unspecified atom stereocenters. The van der Waals surface area contributed by atoms with Gasteiger partial charge in [-0.1, -0.05) is 24.3 Å². The SMILES string of the molecule is O=C=Nc1c(-c2ccccc2S(=O)(=O)C(F)(F)C(F)(F)C(F)(F)F)ccc(C(=O)NBr)c1Br. The average molecular weight is 628 g/mol. The molecular formula is C17H7Br2F7N2O4S. The second kappa shape index (κ2) is 9.16. The van der Waals surface area contributed by atoms with E-state index in [-0.39, 0.29) is 10.0 Å². The minimum atomic E-state index is -6.94. The van der Waals surface area contributed by atoms with Crippen LogP contribution >= 0.6 is 32.1 Å². The van der Waals surface area contributed by atoms with Gasteiger partial charge in [-0.2, -0.15) is 35.7 Å². The lowest BCUT2D eigenvalue weighted by molar-refractivity contribution is -0.332. The third kappa shape index (κ3) is 4.44. The molecule has 0 saturated carbocycles. The maximum Gasteiger partial charge on any atom is 0.461 e. The number of alkyl halides is 7. The van der Waals surface area contributed by atoms with Gasteiger partial charge in [0, 0.05) is 27.3 Å². The van der Waals surface area contributed by atoms with E-state index in [2.05, 4.69) is 41.4 Å². The highest BCUT2D eigenvalue weighted by Crippen LogP contribution is 2.52. The number of rotatable bonds is 6. The van der Waals surface area contributed by atoms with E-state index in [1.54, 1.807) is 0 Å². The highest BCUT2D eigenvalue weighted by molar-refractivity contribution is 9.10. The quantitative estimate of drug-likeness (QED) is 0.193. The van der Waals surface area contributed by atoms with Crippen LogP contribution in [0.15, 0.2) is 50.8 Å². The van der Waals surface area contributed by atoms with Crippen molar-refractivity contribution < 1.29 is 48.7 Å². The van der Waals surface area contributed by atoms with E-state index >= 15 is 0 Å². The van der Waals surface area contributed by atoms with Gasteiger partial charge in [-0.15, -0.1) is 0 Å². The van der Waals surface area contributed by atoms with Crippen LogP contribution in [0.5, 0.6) is 0 Å². The number of nitrogens with one attached hydrogen (secondary N) is 1. The molecule has 1 amide bonds. The van der Waals surface area contributed by atoms with Crippen LogP contribution in [0.1, 0.15) is 10.4 Å². The highest BCUT2D eigenvalue weighted by atomic mass is 79.9. The summed E-state index contributed by atoms with van der Waals surface area (Å²) in [7, 11) is -6.68. The van der Waals surface area contributed by atoms with Crippen molar-refractivity contribution in [2.75, 3.05) is 0 Å². The van der Waals surface area contributed by atoms with Crippen molar-refractivity contribution in [2.45, 2.75) is 22.2 Å².